The third kappa shape index (κ3) is 2.29. The van der Waals surface area contributed by atoms with Gasteiger partial charge in [0.15, 0.2) is 0 Å². The van der Waals surface area contributed by atoms with Gasteiger partial charge in [-0.3, -0.25) is 0 Å². The number of phenols is 1. The molecule has 4 heteroatoms. The van der Waals surface area contributed by atoms with Crippen molar-refractivity contribution in [2.75, 3.05) is 6.61 Å². The monoisotopic (exact) mass is 257 g/mol. The van der Waals surface area contributed by atoms with Crippen LogP contribution in [0.25, 0.3) is 0 Å². The first-order valence-electron chi connectivity index (χ1n) is 5.98. The largest absolute Gasteiger partial charge is 0.507 e. The maximum absolute atomic E-state index is 12.9. The summed E-state index contributed by atoms with van der Waals surface area (Å²) >= 11 is 0. The Morgan fingerprint density at radius 3 is 2.68 bits per heavy atom. The number of aromatic hydroxyl groups is 1. The second-order valence-corrected chi connectivity index (χ2v) is 4.33. The average Bonchev–Trinajstić information content (AvgIpc) is 2.89. The lowest BCUT2D eigenvalue weighted by atomic mass is 10.1. The minimum atomic E-state index is -0.487. The zero-order chi connectivity index (χ0) is 13.2. The molecule has 1 N–H and O–H groups in total. The molecule has 0 saturated carbocycles. The zero-order valence-corrected chi connectivity index (χ0v) is 10.1. The van der Waals surface area contributed by atoms with Crippen molar-refractivity contribution in [1.82, 2.24) is 0 Å². The Hall–Kier alpha value is -2.36. The van der Waals surface area contributed by atoms with E-state index in [0.29, 0.717) is 18.1 Å². The summed E-state index contributed by atoms with van der Waals surface area (Å²) in [5.41, 5.74) is 1.47. The Bertz CT molecular complexity index is 625. The van der Waals surface area contributed by atoms with Crippen molar-refractivity contribution >= 4 is 5.90 Å². The van der Waals surface area contributed by atoms with E-state index >= 15 is 0 Å². The molecular weight excluding hydrogens is 245 g/mol. The van der Waals surface area contributed by atoms with Gasteiger partial charge in [-0.2, -0.15) is 0 Å². The van der Waals surface area contributed by atoms with E-state index in [2.05, 4.69) is 4.99 Å². The predicted molar refractivity (Wildman–Crippen MR) is 69.7 cm³/mol. The van der Waals surface area contributed by atoms with Gasteiger partial charge in [0, 0.05) is 6.07 Å². The van der Waals surface area contributed by atoms with Crippen molar-refractivity contribution in [3.63, 3.8) is 0 Å². The van der Waals surface area contributed by atoms with Crippen molar-refractivity contribution in [2.45, 2.75) is 6.04 Å². The van der Waals surface area contributed by atoms with Gasteiger partial charge in [0.2, 0.25) is 5.90 Å². The Labute approximate surface area is 110 Å². The molecule has 0 aromatic heterocycles. The van der Waals surface area contributed by atoms with Crippen LogP contribution in [0, 0.1) is 5.82 Å². The first kappa shape index (κ1) is 11.7. The van der Waals surface area contributed by atoms with Crippen LogP contribution in [0.3, 0.4) is 0 Å². The highest BCUT2D eigenvalue weighted by Gasteiger charge is 2.23. The maximum Gasteiger partial charge on any atom is 0.220 e. The van der Waals surface area contributed by atoms with Crippen LogP contribution in [0.1, 0.15) is 17.2 Å². The molecule has 0 amide bonds. The molecule has 2 aromatic rings. The third-order valence-electron chi connectivity index (χ3n) is 3.03. The third-order valence-corrected chi connectivity index (χ3v) is 3.03. The number of ether oxygens (including phenoxy) is 1. The van der Waals surface area contributed by atoms with Crippen molar-refractivity contribution < 1.29 is 14.2 Å². The van der Waals surface area contributed by atoms with E-state index in [9.17, 15) is 9.50 Å². The standard InChI is InChI=1S/C15H12FNO2/c16-11-6-7-12(14(18)8-11)15-17-13(9-19-15)10-4-2-1-3-5-10/h1-8,13,18H,9H2/t13-/m1/s1. The van der Waals surface area contributed by atoms with E-state index < -0.39 is 5.82 Å². The summed E-state index contributed by atoms with van der Waals surface area (Å²) < 4.78 is 18.4. The minimum Gasteiger partial charge on any atom is -0.507 e. The van der Waals surface area contributed by atoms with Gasteiger partial charge >= 0.3 is 0 Å². The molecule has 0 radical (unpaired) electrons. The fourth-order valence-corrected chi connectivity index (χ4v) is 2.05. The van der Waals surface area contributed by atoms with Crippen LogP contribution in [-0.2, 0) is 4.74 Å². The number of rotatable bonds is 2. The average molecular weight is 257 g/mol. The van der Waals surface area contributed by atoms with Gasteiger partial charge < -0.3 is 9.84 Å². The van der Waals surface area contributed by atoms with Crippen LogP contribution >= 0.6 is 0 Å². The van der Waals surface area contributed by atoms with E-state index in [0.717, 1.165) is 11.6 Å². The Balaban J connectivity index is 1.91. The van der Waals surface area contributed by atoms with Gasteiger partial charge in [-0.05, 0) is 17.7 Å². The summed E-state index contributed by atoms with van der Waals surface area (Å²) in [6, 6.07) is 13.5. The zero-order valence-electron chi connectivity index (χ0n) is 10.1. The Kier molecular flexibility index (Phi) is 2.91. The Morgan fingerprint density at radius 1 is 1.16 bits per heavy atom. The first-order valence-corrected chi connectivity index (χ1v) is 5.98. The van der Waals surface area contributed by atoms with Gasteiger partial charge in [-0.25, -0.2) is 9.38 Å². The van der Waals surface area contributed by atoms with Gasteiger partial charge in [0.05, 0.1) is 5.56 Å². The summed E-state index contributed by atoms with van der Waals surface area (Å²) in [5, 5.41) is 9.71. The summed E-state index contributed by atoms with van der Waals surface area (Å²) in [6.07, 6.45) is 0. The fourth-order valence-electron chi connectivity index (χ4n) is 2.05. The van der Waals surface area contributed by atoms with Crippen molar-refractivity contribution in [3.8, 4) is 5.75 Å². The summed E-state index contributed by atoms with van der Waals surface area (Å²) in [4.78, 5) is 4.43. The number of phenolic OH excluding ortho intramolecular Hbond substituents is 1. The van der Waals surface area contributed by atoms with E-state index in [4.69, 9.17) is 4.74 Å². The van der Waals surface area contributed by atoms with E-state index in [1.54, 1.807) is 0 Å². The SMILES string of the molecule is Oc1cc(F)ccc1C1=N[C@@H](c2ccccc2)CO1. The van der Waals surface area contributed by atoms with Gasteiger partial charge in [0.1, 0.15) is 24.2 Å². The summed E-state index contributed by atoms with van der Waals surface area (Å²) in [7, 11) is 0. The van der Waals surface area contributed by atoms with Crippen molar-refractivity contribution in [2.24, 2.45) is 4.99 Å². The molecular formula is C15H12FNO2. The van der Waals surface area contributed by atoms with Crippen LogP contribution < -0.4 is 0 Å². The maximum atomic E-state index is 12.9. The van der Waals surface area contributed by atoms with Crippen LogP contribution in [0.15, 0.2) is 53.5 Å². The lowest BCUT2D eigenvalue weighted by molar-refractivity contribution is 0.318. The highest BCUT2D eigenvalue weighted by atomic mass is 19.1. The second-order valence-electron chi connectivity index (χ2n) is 4.33. The molecule has 2 aromatic carbocycles. The number of benzene rings is 2. The Morgan fingerprint density at radius 2 is 1.95 bits per heavy atom. The highest BCUT2D eigenvalue weighted by Crippen LogP contribution is 2.28. The molecule has 1 aliphatic rings. The molecule has 3 nitrogen and oxygen atoms in total. The molecule has 3 rings (SSSR count). The second kappa shape index (κ2) is 4.72. The molecule has 0 bridgehead atoms. The normalized spacial score (nSPS) is 17.9. The molecule has 1 atom stereocenters. The molecule has 19 heavy (non-hydrogen) atoms. The fraction of sp³-hybridized carbons (Fsp3) is 0.133. The molecule has 1 aliphatic heterocycles. The van der Waals surface area contributed by atoms with E-state index in [1.165, 1.54) is 12.1 Å². The topological polar surface area (TPSA) is 41.8 Å². The van der Waals surface area contributed by atoms with E-state index in [1.807, 2.05) is 30.3 Å². The smallest absolute Gasteiger partial charge is 0.220 e. The minimum absolute atomic E-state index is 0.0827. The molecule has 0 unspecified atom stereocenters. The lowest BCUT2D eigenvalue weighted by Gasteiger charge is -2.03. The molecule has 96 valence electrons. The number of hydrogen-bond donors (Lipinski definition) is 1. The molecule has 0 aliphatic carbocycles. The van der Waals surface area contributed by atoms with Crippen LogP contribution in [0.2, 0.25) is 0 Å². The lowest BCUT2D eigenvalue weighted by Crippen LogP contribution is -2.01. The summed E-state index contributed by atoms with van der Waals surface area (Å²) in [6.45, 7) is 0.427. The van der Waals surface area contributed by atoms with E-state index in [-0.39, 0.29) is 11.8 Å². The first-order chi connectivity index (χ1) is 9.24. The highest BCUT2D eigenvalue weighted by molar-refractivity contribution is 5.97. The van der Waals surface area contributed by atoms with Crippen LogP contribution in [0.4, 0.5) is 4.39 Å². The van der Waals surface area contributed by atoms with Crippen molar-refractivity contribution in [3.05, 3.63) is 65.5 Å². The molecule has 0 spiro atoms. The number of hydrogen-bond acceptors (Lipinski definition) is 3. The number of aliphatic imine (C=N–C) groups is 1. The number of nitrogens with zero attached hydrogens (tertiary/aromatic N) is 1. The van der Waals surface area contributed by atoms with Crippen LogP contribution in [-0.4, -0.2) is 17.6 Å². The summed E-state index contributed by atoms with van der Waals surface area (Å²) in [5.74, 6) is -0.293. The number of halogens is 1. The molecule has 0 saturated heterocycles. The quantitative estimate of drug-likeness (QED) is 0.898. The van der Waals surface area contributed by atoms with Gasteiger partial charge in [-0.1, -0.05) is 30.3 Å². The van der Waals surface area contributed by atoms with Crippen LogP contribution in [0.5, 0.6) is 5.75 Å². The van der Waals surface area contributed by atoms with Crippen molar-refractivity contribution in [1.29, 1.82) is 0 Å². The molecule has 0 fully saturated rings. The molecule has 1 heterocycles. The van der Waals surface area contributed by atoms with Gasteiger partial charge in [0.25, 0.3) is 0 Å². The predicted octanol–water partition coefficient (Wildman–Crippen LogP) is 3.05. The van der Waals surface area contributed by atoms with Gasteiger partial charge in [-0.15, -0.1) is 0 Å².